The Morgan fingerprint density at radius 1 is 1.20 bits per heavy atom. The van der Waals surface area contributed by atoms with Crippen molar-refractivity contribution in [2.75, 3.05) is 10.2 Å². The molecule has 0 saturated heterocycles. The number of hydrogen-bond donors (Lipinski definition) is 1. The van der Waals surface area contributed by atoms with E-state index in [-0.39, 0.29) is 30.8 Å². The van der Waals surface area contributed by atoms with Gasteiger partial charge in [-0.3, -0.25) is 9.59 Å². The van der Waals surface area contributed by atoms with Gasteiger partial charge < -0.3 is 10.2 Å². The highest BCUT2D eigenvalue weighted by Gasteiger charge is 2.29. The molecule has 0 spiro atoms. The number of benzene rings is 2. The smallest absolute Gasteiger partial charge is 0.249 e. The van der Waals surface area contributed by atoms with E-state index in [1.54, 1.807) is 15.6 Å². The van der Waals surface area contributed by atoms with Gasteiger partial charge in [0.25, 0.3) is 0 Å². The van der Waals surface area contributed by atoms with E-state index in [1.165, 1.54) is 0 Å². The van der Waals surface area contributed by atoms with E-state index in [0.717, 1.165) is 11.0 Å². The van der Waals surface area contributed by atoms with E-state index in [0.29, 0.717) is 11.4 Å². The second kappa shape index (κ2) is 6.01. The van der Waals surface area contributed by atoms with E-state index in [4.69, 9.17) is 0 Å². The summed E-state index contributed by atoms with van der Waals surface area (Å²) in [4.78, 5) is 26.7. The molecule has 1 atom stereocenters. The zero-order chi connectivity index (χ0) is 17.4. The van der Waals surface area contributed by atoms with Crippen molar-refractivity contribution in [3.63, 3.8) is 0 Å². The van der Waals surface area contributed by atoms with Crippen molar-refractivity contribution in [1.29, 1.82) is 0 Å². The number of carbonyl (C=O) groups is 2. The first-order chi connectivity index (χ1) is 12.1. The number of amides is 2. The summed E-state index contributed by atoms with van der Waals surface area (Å²) in [7, 11) is 0. The molecule has 1 N–H and O–H groups in total. The third-order valence-corrected chi connectivity index (χ3v) is 4.33. The second-order valence-corrected chi connectivity index (χ2v) is 6.12. The van der Waals surface area contributed by atoms with Gasteiger partial charge in [-0.05, 0) is 31.2 Å². The van der Waals surface area contributed by atoms with Crippen LogP contribution in [0.2, 0.25) is 0 Å². The second-order valence-electron chi connectivity index (χ2n) is 6.12. The molecule has 1 aliphatic heterocycles. The van der Waals surface area contributed by atoms with Crippen LogP contribution in [0.3, 0.4) is 0 Å². The van der Waals surface area contributed by atoms with Crippen LogP contribution in [0, 0.1) is 0 Å². The number of rotatable bonds is 2. The normalized spacial score (nSPS) is 17.1. The van der Waals surface area contributed by atoms with Gasteiger partial charge in [0.2, 0.25) is 11.8 Å². The fourth-order valence-corrected chi connectivity index (χ4v) is 3.21. The highest BCUT2D eigenvalue weighted by Crippen LogP contribution is 2.31. The molecule has 25 heavy (non-hydrogen) atoms. The monoisotopic (exact) mass is 335 g/mol. The van der Waals surface area contributed by atoms with E-state index in [9.17, 15) is 9.59 Å². The number of hydrogen-bond acceptors (Lipinski definition) is 4. The van der Waals surface area contributed by atoms with Crippen LogP contribution in [0.25, 0.3) is 11.0 Å². The van der Waals surface area contributed by atoms with Crippen LogP contribution < -0.4 is 10.2 Å². The van der Waals surface area contributed by atoms with E-state index in [2.05, 4.69) is 15.6 Å². The Morgan fingerprint density at radius 2 is 1.96 bits per heavy atom. The molecule has 126 valence electrons. The Hall–Kier alpha value is -3.22. The third-order valence-electron chi connectivity index (χ3n) is 4.33. The Balaban J connectivity index is 1.70. The van der Waals surface area contributed by atoms with Gasteiger partial charge in [-0.1, -0.05) is 29.5 Å². The third kappa shape index (κ3) is 2.73. The summed E-state index contributed by atoms with van der Waals surface area (Å²) in [6.45, 7) is 1.94. The van der Waals surface area contributed by atoms with Crippen molar-refractivity contribution in [1.82, 2.24) is 15.0 Å². The molecule has 2 aromatic carbocycles. The molecule has 3 aromatic rings. The lowest BCUT2D eigenvalue weighted by Gasteiger charge is -2.27. The minimum Gasteiger partial charge on any atom is -0.324 e. The van der Waals surface area contributed by atoms with Crippen molar-refractivity contribution in [3.8, 4) is 0 Å². The highest BCUT2D eigenvalue weighted by molar-refractivity contribution is 6.04. The Morgan fingerprint density at radius 3 is 2.84 bits per heavy atom. The van der Waals surface area contributed by atoms with Crippen molar-refractivity contribution < 1.29 is 9.59 Å². The van der Waals surface area contributed by atoms with Gasteiger partial charge in [0.1, 0.15) is 12.1 Å². The maximum Gasteiger partial charge on any atom is 0.249 e. The van der Waals surface area contributed by atoms with E-state index >= 15 is 0 Å². The van der Waals surface area contributed by atoms with Gasteiger partial charge in [0.15, 0.2) is 0 Å². The van der Waals surface area contributed by atoms with E-state index in [1.807, 2.05) is 49.4 Å². The molecule has 1 aliphatic rings. The molecule has 0 bridgehead atoms. The molecule has 2 amide bonds. The first-order valence-electron chi connectivity index (χ1n) is 8.12. The largest absolute Gasteiger partial charge is 0.324 e. The Labute approximate surface area is 144 Å². The standard InChI is InChI=1S/C18H17N5O2/c1-12-10-17(24)19-13-6-2-5-9-16(13)23(12)18(25)11-22-15-8-4-3-7-14(15)20-21-22/h2-9,12H,10-11H2,1H3,(H,19,24)/t12-/m1/s1. The lowest BCUT2D eigenvalue weighted by molar-refractivity contribution is -0.120. The molecule has 0 radical (unpaired) electrons. The summed E-state index contributed by atoms with van der Waals surface area (Å²) < 4.78 is 1.59. The fraction of sp³-hybridized carbons (Fsp3) is 0.222. The minimum atomic E-state index is -0.245. The van der Waals surface area contributed by atoms with Gasteiger partial charge in [-0.2, -0.15) is 0 Å². The molecule has 7 heteroatoms. The van der Waals surface area contributed by atoms with Crippen LogP contribution >= 0.6 is 0 Å². The summed E-state index contributed by atoms with van der Waals surface area (Å²) >= 11 is 0. The van der Waals surface area contributed by atoms with Crippen LogP contribution in [-0.2, 0) is 16.1 Å². The predicted octanol–water partition coefficient (Wildman–Crippen LogP) is 2.20. The van der Waals surface area contributed by atoms with Crippen LogP contribution in [0.4, 0.5) is 11.4 Å². The van der Waals surface area contributed by atoms with Crippen LogP contribution in [0.5, 0.6) is 0 Å². The van der Waals surface area contributed by atoms with E-state index < -0.39 is 0 Å². The topological polar surface area (TPSA) is 80.1 Å². The summed E-state index contributed by atoms with van der Waals surface area (Å²) in [6, 6.07) is 14.6. The summed E-state index contributed by atoms with van der Waals surface area (Å²) in [5, 5.41) is 11.0. The van der Waals surface area contributed by atoms with Gasteiger partial charge in [-0.25, -0.2) is 4.68 Å². The molecule has 0 fully saturated rings. The first-order valence-corrected chi connectivity index (χ1v) is 8.12. The van der Waals surface area contributed by atoms with Crippen LogP contribution in [0.15, 0.2) is 48.5 Å². The molecule has 7 nitrogen and oxygen atoms in total. The predicted molar refractivity (Wildman–Crippen MR) is 94.2 cm³/mol. The minimum absolute atomic E-state index is 0.0629. The molecular weight excluding hydrogens is 318 g/mol. The average Bonchev–Trinajstić information content (AvgIpc) is 2.93. The van der Waals surface area contributed by atoms with Gasteiger partial charge in [0, 0.05) is 12.5 Å². The lowest BCUT2D eigenvalue weighted by atomic mass is 10.1. The van der Waals surface area contributed by atoms with Crippen molar-refractivity contribution in [2.24, 2.45) is 0 Å². The summed E-state index contributed by atoms with van der Waals surface area (Å²) in [6.07, 6.45) is 0.249. The van der Waals surface area contributed by atoms with Gasteiger partial charge in [0.05, 0.1) is 16.9 Å². The maximum atomic E-state index is 13.0. The number of nitrogens with zero attached hydrogens (tertiary/aromatic N) is 4. The summed E-state index contributed by atoms with van der Waals surface area (Å²) in [5.74, 6) is -0.228. The van der Waals surface area contributed by atoms with Crippen LogP contribution in [0.1, 0.15) is 13.3 Å². The first kappa shape index (κ1) is 15.3. The van der Waals surface area contributed by atoms with Crippen molar-refractivity contribution in [2.45, 2.75) is 25.9 Å². The van der Waals surface area contributed by atoms with Gasteiger partial charge >= 0.3 is 0 Å². The maximum absolute atomic E-state index is 13.0. The number of anilines is 2. The zero-order valence-corrected chi connectivity index (χ0v) is 13.7. The molecular formula is C18H17N5O2. The molecule has 0 saturated carbocycles. The molecule has 0 unspecified atom stereocenters. The zero-order valence-electron chi connectivity index (χ0n) is 13.7. The molecule has 1 aromatic heterocycles. The fourth-order valence-electron chi connectivity index (χ4n) is 3.21. The average molecular weight is 335 g/mol. The Bertz CT molecular complexity index is 965. The quantitative estimate of drug-likeness (QED) is 0.778. The summed E-state index contributed by atoms with van der Waals surface area (Å²) in [5.41, 5.74) is 2.90. The molecule has 2 heterocycles. The number of nitrogens with one attached hydrogen (secondary N) is 1. The number of para-hydroxylation sites is 3. The molecule has 4 rings (SSSR count). The lowest BCUT2D eigenvalue weighted by Crippen LogP contribution is -2.41. The number of aromatic nitrogens is 3. The Kier molecular flexibility index (Phi) is 3.68. The van der Waals surface area contributed by atoms with Gasteiger partial charge in [-0.15, -0.1) is 5.10 Å². The molecule has 0 aliphatic carbocycles. The number of carbonyl (C=O) groups excluding carboxylic acids is 2. The van der Waals surface area contributed by atoms with Crippen molar-refractivity contribution >= 4 is 34.2 Å². The highest BCUT2D eigenvalue weighted by atomic mass is 16.2. The number of fused-ring (bicyclic) bond motifs is 2. The van der Waals surface area contributed by atoms with Crippen molar-refractivity contribution in [3.05, 3.63) is 48.5 Å². The van der Waals surface area contributed by atoms with Crippen LogP contribution in [-0.4, -0.2) is 32.9 Å². The SMILES string of the molecule is C[C@@H]1CC(=O)Nc2ccccc2N1C(=O)Cn1nnc2ccccc21.